The number of rotatable bonds is 3. The summed E-state index contributed by atoms with van der Waals surface area (Å²) in [6.45, 7) is 5.56. The molecule has 2 aromatic rings. The molecule has 0 aliphatic heterocycles. The van der Waals surface area contributed by atoms with E-state index in [0.29, 0.717) is 27.3 Å². The molecular weight excluding hydrogens is 299 g/mol. The molecule has 0 aliphatic carbocycles. The van der Waals surface area contributed by atoms with Gasteiger partial charge in [-0.3, -0.25) is 4.79 Å². The summed E-state index contributed by atoms with van der Waals surface area (Å²) in [7, 11) is 0. The third-order valence-corrected chi connectivity index (χ3v) is 3.53. The van der Waals surface area contributed by atoms with Crippen LogP contribution < -0.4 is 0 Å². The minimum Gasteiger partial charge on any atom is -0.339 e. The number of carbonyl (C=O) groups excluding carboxylic acids is 1. The van der Waals surface area contributed by atoms with Crippen molar-refractivity contribution in [3.63, 3.8) is 0 Å². The summed E-state index contributed by atoms with van der Waals surface area (Å²) in [4.78, 5) is 16.1. The second-order valence-electron chi connectivity index (χ2n) is 5.49. The maximum absolute atomic E-state index is 11.9. The van der Waals surface area contributed by atoms with E-state index in [9.17, 15) is 4.79 Å². The van der Waals surface area contributed by atoms with Crippen LogP contribution >= 0.6 is 23.2 Å². The van der Waals surface area contributed by atoms with Crippen molar-refractivity contribution >= 4 is 29.0 Å². The van der Waals surface area contributed by atoms with Crippen LogP contribution in [0.25, 0.3) is 11.4 Å². The van der Waals surface area contributed by atoms with Gasteiger partial charge in [-0.2, -0.15) is 4.98 Å². The Hall–Kier alpha value is -1.39. The number of hydrogen-bond donors (Lipinski definition) is 0. The number of halogens is 2. The molecule has 2 rings (SSSR count). The largest absolute Gasteiger partial charge is 0.339 e. The van der Waals surface area contributed by atoms with Gasteiger partial charge in [0.2, 0.25) is 11.7 Å². The number of carbonyl (C=O) groups is 1. The Kier molecular flexibility index (Phi) is 4.16. The lowest BCUT2D eigenvalue weighted by atomic mass is 9.89. The summed E-state index contributed by atoms with van der Waals surface area (Å²) >= 11 is 11.8. The molecule has 20 heavy (non-hydrogen) atoms. The fraction of sp³-hybridized carbons (Fsp3) is 0.357. The maximum atomic E-state index is 11.9. The first-order valence-electron chi connectivity index (χ1n) is 6.08. The molecule has 0 spiro atoms. The smallest absolute Gasteiger partial charge is 0.234 e. The second kappa shape index (κ2) is 5.54. The monoisotopic (exact) mass is 312 g/mol. The lowest BCUT2D eigenvalue weighted by molar-refractivity contribution is -0.125. The zero-order chi connectivity index (χ0) is 14.9. The molecule has 0 fully saturated rings. The number of aromatic nitrogens is 2. The average molecular weight is 313 g/mol. The standard InChI is InChI=1S/C14H14Cl2N2O2/c1-14(2,3)11(19)7-12-17-13(18-20-12)8-4-5-9(15)10(16)6-8/h4-6H,7H2,1-3H3. The summed E-state index contributed by atoms with van der Waals surface area (Å²) < 4.78 is 5.10. The Morgan fingerprint density at radius 3 is 2.55 bits per heavy atom. The molecule has 1 heterocycles. The van der Waals surface area contributed by atoms with Crippen LogP contribution in [-0.4, -0.2) is 15.9 Å². The van der Waals surface area contributed by atoms with Gasteiger partial charge in [0.25, 0.3) is 0 Å². The van der Waals surface area contributed by atoms with E-state index in [-0.39, 0.29) is 12.2 Å². The second-order valence-corrected chi connectivity index (χ2v) is 6.30. The van der Waals surface area contributed by atoms with Crippen LogP contribution in [0.15, 0.2) is 22.7 Å². The predicted molar refractivity (Wildman–Crippen MR) is 77.9 cm³/mol. The number of nitrogens with zero attached hydrogens (tertiary/aromatic N) is 2. The zero-order valence-electron chi connectivity index (χ0n) is 11.4. The average Bonchev–Trinajstić information content (AvgIpc) is 2.80. The van der Waals surface area contributed by atoms with E-state index in [1.165, 1.54) is 0 Å². The van der Waals surface area contributed by atoms with Crippen molar-refractivity contribution in [3.05, 3.63) is 34.1 Å². The van der Waals surface area contributed by atoms with Crippen LogP contribution in [0.1, 0.15) is 26.7 Å². The van der Waals surface area contributed by atoms with Gasteiger partial charge in [0, 0.05) is 11.0 Å². The van der Waals surface area contributed by atoms with Gasteiger partial charge in [-0.15, -0.1) is 0 Å². The zero-order valence-corrected chi connectivity index (χ0v) is 12.9. The first-order valence-corrected chi connectivity index (χ1v) is 6.84. The van der Waals surface area contributed by atoms with Crippen molar-refractivity contribution in [1.82, 2.24) is 10.1 Å². The molecule has 0 amide bonds. The molecule has 0 radical (unpaired) electrons. The normalized spacial score (nSPS) is 11.7. The van der Waals surface area contributed by atoms with Crippen molar-refractivity contribution in [2.75, 3.05) is 0 Å². The van der Waals surface area contributed by atoms with E-state index >= 15 is 0 Å². The van der Waals surface area contributed by atoms with Crippen molar-refractivity contribution in [2.24, 2.45) is 5.41 Å². The van der Waals surface area contributed by atoms with E-state index < -0.39 is 5.41 Å². The quantitative estimate of drug-likeness (QED) is 0.852. The first kappa shape index (κ1) is 15.0. The van der Waals surface area contributed by atoms with E-state index in [4.69, 9.17) is 27.7 Å². The Bertz CT molecular complexity index is 645. The van der Waals surface area contributed by atoms with Crippen LogP contribution in [0.3, 0.4) is 0 Å². The lowest BCUT2D eigenvalue weighted by Crippen LogP contribution is -2.22. The Balaban J connectivity index is 2.21. The van der Waals surface area contributed by atoms with E-state index in [1.807, 2.05) is 20.8 Å². The molecule has 0 N–H and O–H groups in total. The number of Topliss-reactive ketones (excluding diaryl/α,β-unsaturated/α-hetero) is 1. The molecule has 0 bridgehead atoms. The van der Waals surface area contributed by atoms with Crippen LogP contribution in [0.4, 0.5) is 0 Å². The fourth-order valence-corrected chi connectivity index (χ4v) is 1.78. The highest BCUT2D eigenvalue weighted by Gasteiger charge is 2.23. The van der Waals surface area contributed by atoms with Gasteiger partial charge < -0.3 is 4.52 Å². The Labute approximate surface area is 127 Å². The van der Waals surface area contributed by atoms with Crippen molar-refractivity contribution < 1.29 is 9.32 Å². The number of benzene rings is 1. The number of ketones is 1. The van der Waals surface area contributed by atoms with Crippen molar-refractivity contribution in [1.29, 1.82) is 0 Å². The molecule has 1 aromatic carbocycles. The number of hydrogen-bond acceptors (Lipinski definition) is 4. The molecule has 6 heteroatoms. The van der Waals surface area contributed by atoms with Crippen LogP contribution in [-0.2, 0) is 11.2 Å². The summed E-state index contributed by atoms with van der Waals surface area (Å²) in [5, 5.41) is 4.73. The molecule has 0 atom stereocenters. The predicted octanol–water partition coefficient (Wildman–Crippen LogP) is 4.20. The van der Waals surface area contributed by atoms with Gasteiger partial charge >= 0.3 is 0 Å². The molecule has 0 saturated carbocycles. The minimum atomic E-state index is -0.432. The lowest BCUT2D eigenvalue weighted by Gasteiger charge is -2.14. The highest BCUT2D eigenvalue weighted by atomic mass is 35.5. The van der Waals surface area contributed by atoms with E-state index in [0.717, 1.165) is 0 Å². The molecule has 0 saturated heterocycles. The Morgan fingerprint density at radius 1 is 1.25 bits per heavy atom. The molecule has 4 nitrogen and oxygen atoms in total. The van der Waals surface area contributed by atoms with Crippen molar-refractivity contribution in [3.8, 4) is 11.4 Å². The summed E-state index contributed by atoms with van der Waals surface area (Å²) in [5.41, 5.74) is 0.260. The maximum Gasteiger partial charge on any atom is 0.234 e. The molecule has 0 unspecified atom stereocenters. The summed E-state index contributed by atoms with van der Waals surface area (Å²) in [6.07, 6.45) is 0.123. The summed E-state index contributed by atoms with van der Waals surface area (Å²) in [6, 6.07) is 5.06. The van der Waals surface area contributed by atoms with E-state index in [2.05, 4.69) is 10.1 Å². The third kappa shape index (κ3) is 3.38. The van der Waals surface area contributed by atoms with Crippen LogP contribution in [0.2, 0.25) is 10.0 Å². The highest BCUT2D eigenvalue weighted by Crippen LogP contribution is 2.27. The minimum absolute atomic E-state index is 0.0434. The third-order valence-electron chi connectivity index (χ3n) is 2.79. The van der Waals surface area contributed by atoms with Gasteiger partial charge in [-0.25, -0.2) is 0 Å². The molecule has 0 aliphatic rings. The van der Waals surface area contributed by atoms with Gasteiger partial charge in [0.05, 0.1) is 16.5 Å². The van der Waals surface area contributed by atoms with Gasteiger partial charge in [-0.05, 0) is 18.2 Å². The van der Waals surface area contributed by atoms with Crippen LogP contribution in [0, 0.1) is 5.41 Å². The molecular formula is C14H14Cl2N2O2. The van der Waals surface area contributed by atoms with E-state index in [1.54, 1.807) is 18.2 Å². The summed E-state index contributed by atoms with van der Waals surface area (Å²) in [5.74, 6) is 0.730. The molecule has 106 valence electrons. The SMILES string of the molecule is CC(C)(C)C(=O)Cc1nc(-c2ccc(Cl)c(Cl)c2)no1. The first-order chi connectivity index (χ1) is 9.27. The highest BCUT2D eigenvalue weighted by molar-refractivity contribution is 6.42. The Morgan fingerprint density at radius 2 is 1.95 bits per heavy atom. The van der Waals surface area contributed by atoms with Gasteiger partial charge in [-0.1, -0.05) is 49.1 Å². The van der Waals surface area contributed by atoms with Gasteiger partial charge in [0.15, 0.2) is 0 Å². The topological polar surface area (TPSA) is 56.0 Å². The van der Waals surface area contributed by atoms with Crippen LogP contribution in [0.5, 0.6) is 0 Å². The van der Waals surface area contributed by atoms with Gasteiger partial charge in [0.1, 0.15) is 5.78 Å². The molecule has 1 aromatic heterocycles. The fourth-order valence-electron chi connectivity index (χ4n) is 1.48. The van der Waals surface area contributed by atoms with Crippen molar-refractivity contribution in [2.45, 2.75) is 27.2 Å².